The molecule has 2 heterocycles. The van der Waals surface area contributed by atoms with E-state index in [0.717, 1.165) is 51.1 Å². The van der Waals surface area contributed by atoms with Gasteiger partial charge >= 0.3 is 0 Å². The van der Waals surface area contributed by atoms with E-state index in [1.807, 2.05) is 31.3 Å². The van der Waals surface area contributed by atoms with Gasteiger partial charge in [-0.2, -0.15) is 0 Å². The van der Waals surface area contributed by atoms with Crippen molar-refractivity contribution in [3.8, 4) is 5.75 Å². The number of likely N-dealkylation sites (tertiary alicyclic amines) is 1. The van der Waals surface area contributed by atoms with Gasteiger partial charge in [-0.05, 0) is 37.6 Å². The molecule has 2 aliphatic heterocycles. The lowest BCUT2D eigenvalue weighted by atomic mass is 10.2. The van der Waals surface area contributed by atoms with Crippen LogP contribution in [0, 0.1) is 0 Å². The zero-order valence-corrected chi connectivity index (χ0v) is 19.2. The lowest BCUT2D eigenvalue weighted by Crippen LogP contribution is -2.47. The van der Waals surface area contributed by atoms with Crippen LogP contribution >= 0.6 is 35.6 Å². The van der Waals surface area contributed by atoms with E-state index in [4.69, 9.17) is 21.1 Å². The first-order chi connectivity index (χ1) is 12.7. The van der Waals surface area contributed by atoms with Crippen molar-refractivity contribution >= 4 is 41.5 Å². The number of hydrogen-bond acceptors (Lipinski definition) is 4. The highest BCUT2D eigenvalue weighted by molar-refractivity contribution is 14.0. The molecule has 27 heavy (non-hydrogen) atoms. The summed E-state index contributed by atoms with van der Waals surface area (Å²) in [5, 5.41) is 4.16. The number of halogens is 2. The molecule has 2 unspecified atom stereocenters. The maximum absolute atomic E-state index is 5.93. The van der Waals surface area contributed by atoms with E-state index in [9.17, 15) is 0 Å². The maximum Gasteiger partial charge on any atom is 0.193 e. The van der Waals surface area contributed by atoms with Gasteiger partial charge in [0.1, 0.15) is 11.9 Å². The molecule has 6 nitrogen and oxygen atoms in total. The van der Waals surface area contributed by atoms with Gasteiger partial charge < -0.3 is 19.7 Å². The van der Waals surface area contributed by atoms with Gasteiger partial charge in [-0.1, -0.05) is 11.6 Å². The Balaban J connectivity index is 0.00000261. The number of nitrogens with one attached hydrogen (secondary N) is 1. The fraction of sp³-hybridized carbons (Fsp3) is 0.632. The van der Waals surface area contributed by atoms with E-state index in [1.165, 1.54) is 6.42 Å². The van der Waals surface area contributed by atoms with Gasteiger partial charge in [-0.15, -0.1) is 24.0 Å². The van der Waals surface area contributed by atoms with E-state index in [0.29, 0.717) is 17.6 Å². The molecule has 8 heteroatoms. The third-order valence-electron chi connectivity index (χ3n) is 4.94. The van der Waals surface area contributed by atoms with Crippen LogP contribution in [-0.2, 0) is 4.74 Å². The molecule has 1 N–H and O–H groups in total. The summed E-state index contributed by atoms with van der Waals surface area (Å²) in [6.45, 7) is 8.59. The normalized spacial score (nSPS) is 22.3. The number of guanidine groups is 1. The van der Waals surface area contributed by atoms with Crippen LogP contribution in [0.15, 0.2) is 29.3 Å². The largest absolute Gasteiger partial charge is 0.489 e. The summed E-state index contributed by atoms with van der Waals surface area (Å²) in [7, 11) is 1.84. The minimum absolute atomic E-state index is 0. The summed E-state index contributed by atoms with van der Waals surface area (Å²) >= 11 is 5.91. The average Bonchev–Trinajstić information content (AvgIpc) is 3.15. The molecule has 0 bridgehead atoms. The third-order valence-corrected chi connectivity index (χ3v) is 5.19. The van der Waals surface area contributed by atoms with Gasteiger partial charge in [-0.3, -0.25) is 9.89 Å². The number of hydrogen-bond donors (Lipinski definition) is 1. The van der Waals surface area contributed by atoms with Crippen LogP contribution in [0.3, 0.4) is 0 Å². The van der Waals surface area contributed by atoms with Crippen LogP contribution in [0.5, 0.6) is 5.75 Å². The molecule has 0 spiro atoms. The number of aliphatic imine (C=N–C) groups is 1. The summed E-state index contributed by atoms with van der Waals surface area (Å²) in [5.74, 6) is 1.78. The van der Waals surface area contributed by atoms with Gasteiger partial charge in [0.15, 0.2) is 5.96 Å². The van der Waals surface area contributed by atoms with Crippen molar-refractivity contribution in [1.29, 1.82) is 0 Å². The number of ether oxygens (including phenoxy) is 2. The predicted molar refractivity (Wildman–Crippen MR) is 121 cm³/mol. The summed E-state index contributed by atoms with van der Waals surface area (Å²) in [4.78, 5) is 9.34. The fourth-order valence-corrected chi connectivity index (χ4v) is 3.66. The molecule has 1 aromatic carbocycles. The minimum Gasteiger partial charge on any atom is -0.489 e. The zero-order chi connectivity index (χ0) is 18.4. The molecule has 0 amide bonds. The highest BCUT2D eigenvalue weighted by Crippen LogP contribution is 2.18. The summed E-state index contributed by atoms with van der Waals surface area (Å²) in [6.07, 6.45) is 1.21. The summed E-state index contributed by atoms with van der Waals surface area (Å²) in [5.41, 5.74) is 0. The van der Waals surface area contributed by atoms with Gasteiger partial charge in [0.05, 0.1) is 19.8 Å². The van der Waals surface area contributed by atoms with E-state index in [1.54, 1.807) is 0 Å². The molecule has 2 fully saturated rings. The molecule has 0 radical (unpaired) electrons. The van der Waals surface area contributed by atoms with Gasteiger partial charge in [0.2, 0.25) is 0 Å². The standard InChI is InChI=1S/C19H29ClN4O2.HI/c1-15(26-18-5-3-16(20)4-6-18)13-22-19(21-2)24-8-7-17(14-24)23-9-11-25-12-10-23;/h3-6,15,17H,7-14H2,1-2H3,(H,21,22);1H. The molecule has 0 aromatic heterocycles. The first-order valence-corrected chi connectivity index (χ1v) is 9.73. The van der Waals surface area contributed by atoms with E-state index >= 15 is 0 Å². The lowest BCUT2D eigenvalue weighted by Gasteiger charge is -2.32. The summed E-state index contributed by atoms with van der Waals surface area (Å²) < 4.78 is 11.4. The Labute approximate surface area is 184 Å². The molecule has 3 rings (SSSR count). The average molecular weight is 509 g/mol. The van der Waals surface area contributed by atoms with Crippen molar-refractivity contribution in [2.24, 2.45) is 4.99 Å². The Morgan fingerprint density at radius 2 is 2.00 bits per heavy atom. The Morgan fingerprint density at radius 1 is 1.30 bits per heavy atom. The van der Waals surface area contributed by atoms with Crippen molar-refractivity contribution in [1.82, 2.24) is 15.1 Å². The molecule has 0 saturated carbocycles. The van der Waals surface area contributed by atoms with Gasteiger partial charge in [-0.25, -0.2) is 0 Å². The van der Waals surface area contributed by atoms with Crippen LogP contribution in [0.2, 0.25) is 5.02 Å². The predicted octanol–water partition coefficient (Wildman–Crippen LogP) is 2.71. The molecule has 152 valence electrons. The third kappa shape index (κ3) is 6.66. The van der Waals surface area contributed by atoms with Crippen LogP contribution in [0.25, 0.3) is 0 Å². The van der Waals surface area contributed by atoms with Crippen LogP contribution in [0.1, 0.15) is 13.3 Å². The van der Waals surface area contributed by atoms with Crippen LogP contribution < -0.4 is 10.1 Å². The smallest absolute Gasteiger partial charge is 0.193 e. The van der Waals surface area contributed by atoms with E-state index in [-0.39, 0.29) is 30.1 Å². The highest BCUT2D eigenvalue weighted by atomic mass is 127. The van der Waals surface area contributed by atoms with E-state index in [2.05, 4.69) is 27.0 Å². The first-order valence-electron chi connectivity index (χ1n) is 9.35. The van der Waals surface area contributed by atoms with E-state index < -0.39 is 0 Å². The van der Waals surface area contributed by atoms with Crippen molar-refractivity contribution < 1.29 is 9.47 Å². The molecule has 2 saturated heterocycles. The number of nitrogens with zero attached hydrogens (tertiary/aromatic N) is 3. The van der Waals surface area contributed by atoms with Gasteiger partial charge in [0, 0.05) is 44.3 Å². The molecular weight excluding hydrogens is 479 g/mol. The Morgan fingerprint density at radius 3 is 2.67 bits per heavy atom. The van der Waals surface area contributed by atoms with Gasteiger partial charge in [0.25, 0.3) is 0 Å². The van der Waals surface area contributed by atoms with Crippen LogP contribution in [-0.4, -0.2) is 80.9 Å². The molecule has 2 atom stereocenters. The fourth-order valence-electron chi connectivity index (χ4n) is 3.53. The summed E-state index contributed by atoms with van der Waals surface area (Å²) in [6, 6.07) is 8.06. The maximum atomic E-state index is 5.93. The van der Waals surface area contributed by atoms with Crippen molar-refractivity contribution in [3.63, 3.8) is 0 Å². The lowest BCUT2D eigenvalue weighted by molar-refractivity contribution is 0.0194. The van der Waals surface area contributed by atoms with Crippen molar-refractivity contribution in [2.75, 3.05) is 53.0 Å². The quantitative estimate of drug-likeness (QED) is 0.377. The second-order valence-corrected chi connectivity index (χ2v) is 7.28. The Hall–Kier alpha value is -0.770. The highest BCUT2D eigenvalue weighted by Gasteiger charge is 2.30. The van der Waals surface area contributed by atoms with Crippen molar-refractivity contribution in [3.05, 3.63) is 29.3 Å². The first kappa shape index (κ1) is 22.5. The van der Waals surface area contributed by atoms with Crippen LogP contribution in [0.4, 0.5) is 0 Å². The number of rotatable bonds is 5. The monoisotopic (exact) mass is 508 g/mol. The topological polar surface area (TPSA) is 49.3 Å². The number of morpholine rings is 1. The molecule has 2 aliphatic rings. The molecular formula is C19H30ClIN4O2. The SMILES string of the molecule is CN=C(NCC(C)Oc1ccc(Cl)cc1)N1CCC(N2CCOCC2)C1.I. The Kier molecular flexibility index (Phi) is 9.41. The number of benzene rings is 1. The molecule has 1 aromatic rings. The zero-order valence-electron chi connectivity index (χ0n) is 16.1. The Bertz CT molecular complexity index is 596. The minimum atomic E-state index is 0. The second-order valence-electron chi connectivity index (χ2n) is 6.85. The second kappa shape index (κ2) is 11.3. The molecule has 0 aliphatic carbocycles. The van der Waals surface area contributed by atoms with Crippen molar-refractivity contribution in [2.45, 2.75) is 25.5 Å².